The van der Waals surface area contributed by atoms with E-state index in [9.17, 15) is 28.8 Å². The van der Waals surface area contributed by atoms with Crippen LogP contribution in [0.25, 0.3) is 0 Å². The number of hydrogen-bond acceptors (Lipinski definition) is 9. The molecule has 18 heteroatoms. The molecular formula is C31H52N12O6. The van der Waals surface area contributed by atoms with Crippen LogP contribution in [0, 0.1) is 5.92 Å². The number of amides is 6. The Morgan fingerprint density at radius 3 is 2.35 bits per heavy atom. The summed E-state index contributed by atoms with van der Waals surface area (Å²) >= 11 is 0. The molecule has 1 aromatic heterocycles. The van der Waals surface area contributed by atoms with Crippen LogP contribution >= 0.6 is 0 Å². The number of aromatic nitrogens is 2. The third-order valence-corrected chi connectivity index (χ3v) is 8.83. The first-order chi connectivity index (χ1) is 23.4. The van der Waals surface area contributed by atoms with Gasteiger partial charge in [0.1, 0.15) is 30.2 Å². The number of imidazole rings is 1. The van der Waals surface area contributed by atoms with Crippen LogP contribution in [0.3, 0.4) is 0 Å². The molecule has 12 N–H and O–H groups in total. The van der Waals surface area contributed by atoms with Gasteiger partial charge in [0.15, 0.2) is 5.96 Å². The summed E-state index contributed by atoms with van der Waals surface area (Å²) in [7, 11) is 0. The summed E-state index contributed by atoms with van der Waals surface area (Å²) in [6, 6.07) is -5.14. The summed E-state index contributed by atoms with van der Waals surface area (Å²) in [6.45, 7) is 4.02. The molecule has 6 unspecified atom stereocenters. The lowest BCUT2D eigenvalue weighted by molar-refractivity contribution is -0.143. The smallest absolute Gasteiger partial charge is 0.245 e. The number of unbranched alkanes of at least 4 members (excludes halogenated alkanes) is 1. The van der Waals surface area contributed by atoms with E-state index in [4.69, 9.17) is 17.2 Å². The van der Waals surface area contributed by atoms with Crippen LogP contribution in [0.1, 0.15) is 70.9 Å². The van der Waals surface area contributed by atoms with Gasteiger partial charge >= 0.3 is 0 Å². The molecule has 0 spiro atoms. The number of carbonyl (C=O) groups is 6. The Kier molecular flexibility index (Phi) is 15.2. The molecule has 0 bridgehead atoms. The highest BCUT2D eigenvalue weighted by molar-refractivity contribution is 5.98. The van der Waals surface area contributed by atoms with Crippen molar-refractivity contribution >= 4 is 41.4 Å². The van der Waals surface area contributed by atoms with Gasteiger partial charge in [0.2, 0.25) is 35.4 Å². The molecule has 3 heterocycles. The summed E-state index contributed by atoms with van der Waals surface area (Å²) in [5, 5.41) is 13.6. The number of aromatic amines is 1. The lowest BCUT2D eigenvalue weighted by Gasteiger charge is -2.32. The fraction of sp³-hybridized carbons (Fsp3) is 0.677. The van der Waals surface area contributed by atoms with Crippen LogP contribution in [0.4, 0.5) is 0 Å². The quantitative estimate of drug-likeness (QED) is 0.0619. The van der Waals surface area contributed by atoms with Gasteiger partial charge in [0.25, 0.3) is 0 Å². The first-order valence-electron chi connectivity index (χ1n) is 17.0. The minimum atomic E-state index is -1.12. The van der Waals surface area contributed by atoms with Crippen LogP contribution in [0.15, 0.2) is 17.5 Å². The second-order valence-corrected chi connectivity index (χ2v) is 12.5. The van der Waals surface area contributed by atoms with Crippen molar-refractivity contribution in [2.75, 3.05) is 26.2 Å². The van der Waals surface area contributed by atoms with Gasteiger partial charge in [-0.1, -0.05) is 20.3 Å². The third kappa shape index (κ3) is 11.7. The lowest BCUT2D eigenvalue weighted by Crippen LogP contribution is -2.61. The number of carbonyl (C=O) groups excluding carboxylic acids is 6. The molecule has 2 fully saturated rings. The fourth-order valence-electron chi connectivity index (χ4n) is 5.87. The molecule has 49 heavy (non-hydrogen) atoms. The van der Waals surface area contributed by atoms with Gasteiger partial charge in [-0.3, -0.25) is 33.8 Å². The lowest BCUT2D eigenvalue weighted by atomic mass is 9.96. The normalized spacial score (nSPS) is 25.1. The number of guanidine groups is 1. The monoisotopic (exact) mass is 688 g/mol. The van der Waals surface area contributed by atoms with E-state index in [0.717, 1.165) is 0 Å². The van der Waals surface area contributed by atoms with E-state index in [1.165, 1.54) is 17.4 Å². The highest BCUT2D eigenvalue weighted by Crippen LogP contribution is 2.21. The summed E-state index contributed by atoms with van der Waals surface area (Å²) in [4.78, 5) is 94.0. The van der Waals surface area contributed by atoms with Crippen molar-refractivity contribution < 1.29 is 28.8 Å². The zero-order valence-corrected chi connectivity index (χ0v) is 28.3. The second-order valence-electron chi connectivity index (χ2n) is 12.5. The Bertz CT molecular complexity index is 1320. The third-order valence-electron chi connectivity index (χ3n) is 8.83. The summed E-state index contributed by atoms with van der Waals surface area (Å²) in [5.41, 5.74) is 17.1. The summed E-state index contributed by atoms with van der Waals surface area (Å²) < 4.78 is 0. The topological polar surface area (TPSA) is 285 Å². The number of nitrogens with one attached hydrogen (secondary N) is 6. The number of aliphatic imine (C=N–C) groups is 1. The minimum Gasteiger partial charge on any atom is -0.370 e. The molecule has 272 valence electrons. The largest absolute Gasteiger partial charge is 0.370 e. The first kappa shape index (κ1) is 38.7. The van der Waals surface area contributed by atoms with E-state index in [1.807, 2.05) is 6.92 Å². The van der Waals surface area contributed by atoms with Gasteiger partial charge in [-0.2, -0.15) is 0 Å². The van der Waals surface area contributed by atoms with Crippen LogP contribution in [-0.2, 0) is 35.2 Å². The molecule has 1 aromatic rings. The van der Waals surface area contributed by atoms with Gasteiger partial charge in [-0.15, -0.1) is 0 Å². The highest BCUT2D eigenvalue weighted by atomic mass is 16.2. The van der Waals surface area contributed by atoms with Crippen molar-refractivity contribution in [3.63, 3.8) is 0 Å². The van der Waals surface area contributed by atoms with E-state index in [1.54, 1.807) is 6.92 Å². The van der Waals surface area contributed by atoms with E-state index >= 15 is 0 Å². The number of H-pyrrole nitrogens is 1. The Morgan fingerprint density at radius 1 is 0.939 bits per heavy atom. The minimum absolute atomic E-state index is 0.0322. The van der Waals surface area contributed by atoms with E-state index < -0.39 is 72.2 Å². The van der Waals surface area contributed by atoms with Gasteiger partial charge in [0.05, 0.1) is 12.9 Å². The summed E-state index contributed by atoms with van der Waals surface area (Å²) in [5.74, 6) is -3.93. The number of fused-ring (bicyclic) bond motifs is 1. The fourth-order valence-corrected chi connectivity index (χ4v) is 5.87. The van der Waals surface area contributed by atoms with E-state index in [-0.39, 0.29) is 44.2 Å². The van der Waals surface area contributed by atoms with Crippen molar-refractivity contribution in [2.24, 2.45) is 28.1 Å². The van der Waals surface area contributed by atoms with Gasteiger partial charge in [-0.25, -0.2) is 4.98 Å². The van der Waals surface area contributed by atoms with E-state index in [0.29, 0.717) is 50.8 Å². The van der Waals surface area contributed by atoms with Crippen molar-refractivity contribution in [1.82, 2.24) is 41.5 Å². The van der Waals surface area contributed by atoms with Gasteiger partial charge in [-0.05, 0) is 57.4 Å². The van der Waals surface area contributed by atoms with Gasteiger partial charge in [0, 0.05) is 31.4 Å². The standard InChI is InChI=1S/C31H52N12O6/c1-3-18(2)25-29(48)40-21(8-4-5-11-32)30(49)43-13-7-10-23(43)28(47)41-22(14-19-15-35-17-38-19)26(45)37-16-24(44)39-20(27(46)42-25)9-6-12-36-31(33)34/h15,17-18,20-23,25H,3-14,16,32H2,1-2H3,(H,35,38)(H,37,45)(H,39,44)(H,40,48)(H,41,47)(H,42,46)(H4,33,34,36). The van der Waals surface area contributed by atoms with Crippen LogP contribution < -0.4 is 43.8 Å². The number of hydrogen-bond donors (Lipinski definition) is 9. The average Bonchev–Trinajstić information content (AvgIpc) is 3.78. The average molecular weight is 689 g/mol. The molecule has 2 aliphatic heterocycles. The second kappa shape index (κ2) is 19.3. The van der Waals surface area contributed by atoms with Gasteiger partial charge < -0.3 is 53.7 Å². The van der Waals surface area contributed by atoms with Crippen molar-refractivity contribution in [3.05, 3.63) is 18.2 Å². The predicted molar refractivity (Wildman–Crippen MR) is 180 cm³/mol. The Hall–Kier alpha value is -4.74. The molecular weight excluding hydrogens is 636 g/mol. The molecule has 18 nitrogen and oxygen atoms in total. The zero-order chi connectivity index (χ0) is 35.9. The van der Waals surface area contributed by atoms with Crippen molar-refractivity contribution in [3.8, 4) is 0 Å². The number of nitrogens with zero attached hydrogens (tertiary/aromatic N) is 3. The molecule has 3 rings (SSSR count). The predicted octanol–water partition coefficient (Wildman–Crippen LogP) is -2.76. The van der Waals surface area contributed by atoms with Crippen molar-refractivity contribution in [1.29, 1.82) is 0 Å². The van der Waals surface area contributed by atoms with Crippen molar-refractivity contribution in [2.45, 2.75) is 102 Å². The highest BCUT2D eigenvalue weighted by Gasteiger charge is 2.40. The maximum Gasteiger partial charge on any atom is 0.245 e. The molecule has 6 amide bonds. The van der Waals surface area contributed by atoms with Crippen LogP contribution in [0.2, 0.25) is 0 Å². The molecule has 2 saturated heterocycles. The maximum atomic E-state index is 14.0. The SMILES string of the molecule is CCC(C)C1NC(=O)C(CCCN=C(N)N)NC(=O)CNC(=O)C(Cc2cnc[nH]2)NC(=O)C2CCCN2C(=O)C(CCCCN)NC1=O. The maximum absolute atomic E-state index is 14.0. The Morgan fingerprint density at radius 2 is 1.67 bits per heavy atom. The number of nitrogens with two attached hydrogens (primary N) is 3. The molecule has 0 radical (unpaired) electrons. The molecule has 6 atom stereocenters. The van der Waals surface area contributed by atoms with Crippen LogP contribution in [0.5, 0.6) is 0 Å². The molecule has 2 aliphatic rings. The summed E-state index contributed by atoms with van der Waals surface area (Å²) in [6.07, 6.45) is 6.24. The van der Waals surface area contributed by atoms with E-state index in [2.05, 4.69) is 41.5 Å². The first-order valence-corrected chi connectivity index (χ1v) is 17.0. The van der Waals surface area contributed by atoms with Crippen LogP contribution in [-0.4, -0.2) is 113 Å². The number of rotatable bonds is 12. The molecule has 0 aliphatic carbocycles. The zero-order valence-electron chi connectivity index (χ0n) is 28.3. The molecule has 0 saturated carbocycles. The molecule has 0 aromatic carbocycles. The Labute approximate surface area is 285 Å². The Balaban J connectivity index is 1.98.